The van der Waals surface area contributed by atoms with E-state index in [0.29, 0.717) is 6.54 Å². The number of amides is 1. The van der Waals surface area contributed by atoms with E-state index in [1.165, 1.54) is 5.56 Å². The minimum Gasteiger partial charge on any atom is -0.373 e. The lowest BCUT2D eigenvalue weighted by Crippen LogP contribution is -2.44. The van der Waals surface area contributed by atoms with E-state index in [1.54, 1.807) is 0 Å². The molecule has 0 aliphatic carbocycles. The summed E-state index contributed by atoms with van der Waals surface area (Å²) in [5.74, 6) is -3.17. The fraction of sp³-hybridized carbons (Fsp3) is 0.632. The Bertz CT molecular complexity index is 614. The van der Waals surface area contributed by atoms with Gasteiger partial charge in [0.25, 0.3) is 5.92 Å². The first-order valence-electron chi connectivity index (χ1n) is 9.15. The van der Waals surface area contributed by atoms with E-state index >= 15 is 0 Å². The van der Waals surface area contributed by atoms with Crippen molar-refractivity contribution in [2.24, 2.45) is 0 Å². The first kappa shape index (κ1) is 19.2. The lowest BCUT2D eigenvalue weighted by atomic mass is 10.1. The molecule has 0 radical (unpaired) electrons. The largest absolute Gasteiger partial charge is 0.373 e. The number of halogens is 2. The van der Waals surface area contributed by atoms with Crippen molar-refractivity contribution in [3.05, 3.63) is 35.4 Å². The van der Waals surface area contributed by atoms with Crippen molar-refractivity contribution < 1.29 is 18.3 Å². The second-order valence-electron chi connectivity index (χ2n) is 7.48. The highest BCUT2D eigenvalue weighted by Crippen LogP contribution is 2.25. The van der Waals surface area contributed by atoms with Crippen molar-refractivity contribution in [3.63, 3.8) is 0 Å². The highest BCUT2D eigenvalue weighted by atomic mass is 19.3. The van der Waals surface area contributed by atoms with Gasteiger partial charge in [-0.2, -0.15) is 0 Å². The van der Waals surface area contributed by atoms with Gasteiger partial charge in [-0.05, 0) is 25.0 Å². The van der Waals surface area contributed by atoms with E-state index in [9.17, 15) is 13.6 Å². The molecule has 3 unspecified atom stereocenters. The van der Waals surface area contributed by atoms with Gasteiger partial charge in [-0.3, -0.25) is 15.0 Å². The Morgan fingerprint density at radius 3 is 2.42 bits per heavy atom. The zero-order valence-corrected chi connectivity index (χ0v) is 15.3. The highest BCUT2D eigenvalue weighted by Gasteiger charge is 2.42. The van der Waals surface area contributed by atoms with Crippen molar-refractivity contribution in [1.82, 2.24) is 15.5 Å². The number of morpholine rings is 1. The number of benzene rings is 1. The predicted octanol–water partition coefficient (Wildman–Crippen LogP) is 1.91. The van der Waals surface area contributed by atoms with E-state index in [1.807, 2.05) is 24.3 Å². The monoisotopic (exact) mass is 367 g/mol. The van der Waals surface area contributed by atoms with Crippen LogP contribution in [0.2, 0.25) is 0 Å². The fourth-order valence-electron chi connectivity index (χ4n) is 3.65. The quantitative estimate of drug-likeness (QED) is 0.835. The van der Waals surface area contributed by atoms with Crippen LogP contribution in [0.4, 0.5) is 8.78 Å². The third-order valence-corrected chi connectivity index (χ3v) is 4.82. The van der Waals surface area contributed by atoms with E-state index in [4.69, 9.17) is 4.74 Å². The number of carbonyl (C=O) groups excluding carboxylic acids is 1. The standard InChI is InChI=1S/C19H27F2N3O2/c1-13-9-24(10-14(2)26-13)11-16-5-3-15(4-6-16)8-22-18(25)17-7-19(20,21)12-23-17/h3-6,13-14,17,23H,7-12H2,1-2H3,(H,22,25). The third-order valence-electron chi connectivity index (χ3n) is 4.82. The first-order valence-corrected chi connectivity index (χ1v) is 9.15. The molecule has 0 aromatic heterocycles. The molecule has 144 valence electrons. The van der Waals surface area contributed by atoms with Gasteiger partial charge in [-0.15, -0.1) is 0 Å². The van der Waals surface area contributed by atoms with Crippen molar-refractivity contribution >= 4 is 5.91 Å². The van der Waals surface area contributed by atoms with Crippen LogP contribution in [0, 0.1) is 0 Å². The van der Waals surface area contributed by atoms with Gasteiger partial charge < -0.3 is 10.1 Å². The molecular formula is C19H27F2N3O2. The van der Waals surface area contributed by atoms with Gasteiger partial charge in [-0.1, -0.05) is 24.3 Å². The summed E-state index contributed by atoms with van der Waals surface area (Å²) in [7, 11) is 0. The van der Waals surface area contributed by atoms with Gasteiger partial charge in [0, 0.05) is 32.6 Å². The molecule has 5 nitrogen and oxygen atoms in total. The number of carbonyl (C=O) groups is 1. The summed E-state index contributed by atoms with van der Waals surface area (Å²) in [5, 5.41) is 5.30. The number of hydrogen-bond acceptors (Lipinski definition) is 4. The molecule has 2 aliphatic rings. The van der Waals surface area contributed by atoms with Gasteiger partial charge in [-0.25, -0.2) is 8.78 Å². The molecule has 2 saturated heterocycles. The fourth-order valence-corrected chi connectivity index (χ4v) is 3.65. The number of nitrogens with zero attached hydrogens (tertiary/aromatic N) is 1. The molecule has 1 aromatic rings. The number of nitrogens with one attached hydrogen (secondary N) is 2. The van der Waals surface area contributed by atoms with Gasteiger partial charge in [0.2, 0.25) is 5.91 Å². The third kappa shape index (κ3) is 5.22. The molecule has 2 aliphatic heterocycles. The van der Waals surface area contributed by atoms with Crippen molar-refractivity contribution in [2.75, 3.05) is 19.6 Å². The van der Waals surface area contributed by atoms with Crippen LogP contribution < -0.4 is 10.6 Å². The van der Waals surface area contributed by atoms with Crippen LogP contribution in [0.5, 0.6) is 0 Å². The van der Waals surface area contributed by atoms with Crippen LogP contribution in [0.1, 0.15) is 31.4 Å². The molecule has 7 heteroatoms. The van der Waals surface area contributed by atoms with Gasteiger partial charge in [0.1, 0.15) is 0 Å². The van der Waals surface area contributed by atoms with Crippen LogP contribution in [0.15, 0.2) is 24.3 Å². The molecule has 26 heavy (non-hydrogen) atoms. The first-order chi connectivity index (χ1) is 12.3. The summed E-state index contributed by atoms with van der Waals surface area (Å²) in [6, 6.07) is 7.23. The Labute approximate surface area is 153 Å². The molecular weight excluding hydrogens is 340 g/mol. The maximum absolute atomic E-state index is 13.1. The zero-order valence-electron chi connectivity index (χ0n) is 15.3. The summed E-state index contributed by atoms with van der Waals surface area (Å²) in [6.07, 6.45) is 0.0448. The minimum atomic E-state index is -2.79. The van der Waals surface area contributed by atoms with Gasteiger partial charge in [0.15, 0.2) is 0 Å². The molecule has 1 amide bonds. The summed E-state index contributed by atoms with van der Waals surface area (Å²) in [5.41, 5.74) is 2.16. The van der Waals surface area contributed by atoms with Crippen LogP contribution >= 0.6 is 0 Å². The molecule has 2 fully saturated rings. The van der Waals surface area contributed by atoms with Crippen molar-refractivity contribution in [2.45, 2.75) is 57.5 Å². The topological polar surface area (TPSA) is 53.6 Å². The lowest BCUT2D eigenvalue weighted by Gasteiger charge is -2.35. The number of hydrogen-bond donors (Lipinski definition) is 2. The number of alkyl halides is 2. The van der Waals surface area contributed by atoms with Crippen LogP contribution in [-0.2, 0) is 22.6 Å². The minimum absolute atomic E-state index is 0.241. The van der Waals surface area contributed by atoms with Gasteiger partial charge in [0.05, 0.1) is 24.8 Å². The molecule has 3 rings (SSSR count). The summed E-state index contributed by atoms with van der Waals surface area (Å²) >= 11 is 0. The maximum atomic E-state index is 13.1. The molecule has 0 spiro atoms. The molecule has 3 atom stereocenters. The summed E-state index contributed by atoms with van der Waals surface area (Å²) < 4.78 is 32.0. The van der Waals surface area contributed by atoms with Crippen LogP contribution in [0.3, 0.4) is 0 Å². The maximum Gasteiger partial charge on any atom is 0.262 e. The SMILES string of the molecule is CC1CN(Cc2ccc(CNC(=O)C3CC(F)(F)CN3)cc2)CC(C)O1. The van der Waals surface area contributed by atoms with Crippen LogP contribution in [0.25, 0.3) is 0 Å². The van der Waals surface area contributed by atoms with Crippen LogP contribution in [-0.4, -0.2) is 54.6 Å². The summed E-state index contributed by atoms with van der Waals surface area (Å²) in [6.45, 7) is 6.79. The van der Waals surface area contributed by atoms with Crippen molar-refractivity contribution in [1.29, 1.82) is 0 Å². The van der Waals surface area contributed by atoms with Crippen molar-refractivity contribution in [3.8, 4) is 0 Å². The average molecular weight is 367 g/mol. The van der Waals surface area contributed by atoms with E-state index in [0.717, 1.165) is 25.2 Å². The Balaban J connectivity index is 1.46. The molecule has 0 bridgehead atoms. The smallest absolute Gasteiger partial charge is 0.262 e. The van der Waals surface area contributed by atoms with Gasteiger partial charge >= 0.3 is 0 Å². The Kier molecular flexibility index (Phi) is 5.89. The number of rotatable bonds is 5. The second kappa shape index (κ2) is 7.98. The molecule has 2 heterocycles. The molecule has 2 N–H and O–H groups in total. The molecule has 1 aromatic carbocycles. The summed E-state index contributed by atoms with van der Waals surface area (Å²) in [4.78, 5) is 14.3. The average Bonchev–Trinajstić information content (AvgIpc) is 2.93. The van der Waals surface area contributed by atoms with E-state index < -0.39 is 24.9 Å². The highest BCUT2D eigenvalue weighted by molar-refractivity contribution is 5.82. The predicted molar refractivity (Wildman–Crippen MR) is 94.9 cm³/mol. The Hall–Kier alpha value is -1.57. The van der Waals surface area contributed by atoms with E-state index in [-0.39, 0.29) is 18.1 Å². The van der Waals surface area contributed by atoms with E-state index in [2.05, 4.69) is 29.4 Å². The normalized spacial score (nSPS) is 28.8. The zero-order chi connectivity index (χ0) is 18.7. The molecule has 0 saturated carbocycles. The second-order valence-corrected chi connectivity index (χ2v) is 7.48. The Morgan fingerprint density at radius 2 is 1.85 bits per heavy atom. The Morgan fingerprint density at radius 1 is 1.23 bits per heavy atom. The lowest BCUT2D eigenvalue weighted by molar-refractivity contribution is -0.123. The number of ether oxygens (including phenoxy) is 1.